The summed E-state index contributed by atoms with van der Waals surface area (Å²) >= 11 is 0. The van der Waals surface area contributed by atoms with Gasteiger partial charge in [0, 0.05) is 18.3 Å². The number of allylic oxidation sites excluding steroid dienone is 3. The first-order valence-electron chi connectivity index (χ1n) is 8.88. The van der Waals surface area contributed by atoms with E-state index in [1.165, 1.54) is 11.1 Å². The maximum atomic E-state index is 12.4. The first-order valence-corrected chi connectivity index (χ1v) is 8.88. The zero-order valence-electron chi connectivity index (χ0n) is 14.9. The van der Waals surface area contributed by atoms with Crippen LogP contribution < -0.4 is 0 Å². The van der Waals surface area contributed by atoms with Gasteiger partial charge in [0.05, 0.1) is 5.92 Å². The van der Waals surface area contributed by atoms with E-state index >= 15 is 0 Å². The summed E-state index contributed by atoms with van der Waals surface area (Å²) in [7, 11) is 0. The van der Waals surface area contributed by atoms with Gasteiger partial charge < -0.3 is 9.53 Å². The summed E-state index contributed by atoms with van der Waals surface area (Å²) in [6, 6.07) is 0. The highest BCUT2D eigenvalue weighted by molar-refractivity contribution is 5.79. The Morgan fingerprint density at radius 3 is 2.83 bits per heavy atom. The first-order chi connectivity index (χ1) is 10.9. The molecule has 1 fully saturated rings. The molecule has 0 aromatic rings. The Labute approximate surface area is 140 Å². The average Bonchev–Trinajstić information content (AvgIpc) is 2.81. The predicted molar refractivity (Wildman–Crippen MR) is 91.9 cm³/mol. The Hall–Kier alpha value is -1.38. The minimum absolute atomic E-state index is 0.0639. The second-order valence-electron chi connectivity index (χ2n) is 7.55. The summed E-state index contributed by atoms with van der Waals surface area (Å²) in [5.74, 6) is -0.0740. The maximum Gasteiger partial charge on any atom is 0.310 e. The van der Waals surface area contributed by atoms with E-state index in [4.69, 9.17) is 4.74 Å². The van der Waals surface area contributed by atoms with Gasteiger partial charge in [-0.2, -0.15) is 0 Å². The molecule has 2 aliphatic rings. The lowest BCUT2D eigenvalue weighted by molar-refractivity contribution is -0.146. The number of aldehydes is 1. The van der Waals surface area contributed by atoms with Crippen molar-refractivity contribution in [2.45, 2.75) is 65.9 Å². The molecular formula is C20H30O3. The van der Waals surface area contributed by atoms with Crippen LogP contribution in [0.5, 0.6) is 0 Å². The lowest BCUT2D eigenvalue weighted by Gasteiger charge is -2.28. The Morgan fingerprint density at radius 2 is 2.17 bits per heavy atom. The van der Waals surface area contributed by atoms with Crippen molar-refractivity contribution in [2.75, 3.05) is 0 Å². The monoisotopic (exact) mass is 318 g/mol. The molecule has 2 rings (SSSR count). The Kier molecular flexibility index (Phi) is 6.20. The maximum absolute atomic E-state index is 12.4. The molecule has 23 heavy (non-hydrogen) atoms. The number of hydrogen-bond donors (Lipinski definition) is 0. The van der Waals surface area contributed by atoms with Crippen LogP contribution in [0.3, 0.4) is 0 Å². The predicted octanol–water partition coefficient (Wildman–Crippen LogP) is 4.47. The van der Waals surface area contributed by atoms with Gasteiger partial charge in [-0.1, -0.05) is 30.2 Å². The van der Waals surface area contributed by atoms with E-state index in [2.05, 4.69) is 39.8 Å². The van der Waals surface area contributed by atoms with Crippen molar-refractivity contribution in [2.24, 2.45) is 23.7 Å². The van der Waals surface area contributed by atoms with Crippen LogP contribution in [0.15, 0.2) is 23.3 Å². The second kappa shape index (κ2) is 7.94. The van der Waals surface area contributed by atoms with Gasteiger partial charge in [0.25, 0.3) is 0 Å². The molecule has 1 aliphatic carbocycles. The molecule has 0 saturated carbocycles. The standard InChI is InChI=1S/C20H30O3/c1-13(2)7-5-9-15(4)18-17-11-14(3)8-6-10-16(12-21)19(18)20(22)23-17/h7-8,12,15-19H,5-6,9-11H2,1-4H3. The van der Waals surface area contributed by atoms with Crippen LogP contribution >= 0.6 is 0 Å². The normalized spacial score (nSPS) is 32.0. The molecule has 3 heteroatoms. The van der Waals surface area contributed by atoms with E-state index in [1.807, 2.05) is 0 Å². The van der Waals surface area contributed by atoms with Crippen molar-refractivity contribution >= 4 is 12.3 Å². The fourth-order valence-corrected chi connectivity index (χ4v) is 4.14. The topological polar surface area (TPSA) is 43.4 Å². The zero-order valence-corrected chi connectivity index (χ0v) is 14.9. The molecule has 0 aromatic carbocycles. The van der Waals surface area contributed by atoms with Crippen molar-refractivity contribution < 1.29 is 14.3 Å². The number of carbonyl (C=O) groups excluding carboxylic acids is 2. The Balaban J connectivity index is 2.22. The lowest BCUT2D eigenvalue weighted by Crippen LogP contribution is -2.33. The molecule has 5 unspecified atom stereocenters. The van der Waals surface area contributed by atoms with Gasteiger partial charge in [0.2, 0.25) is 0 Å². The highest BCUT2D eigenvalue weighted by Crippen LogP contribution is 2.44. The van der Waals surface area contributed by atoms with Crippen LogP contribution in [0.2, 0.25) is 0 Å². The molecular weight excluding hydrogens is 288 g/mol. The van der Waals surface area contributed by atoms with Crippen LogP contribution in [0.1, 0.15) is 59.8 Å². The van der Waals surface area contributed by atoms with Crippen LogP contribution in [-0.4, -0.2) is 18.4 Å². The SMILES string of the molecule is CC(C)=CCCC(C)C1C2CC(C)=CCCC(C=O)C1C(=O)O2. The number of esters is 1. The number of carbonyl (C=O) groups is 2. The minimum atomic E-state index is -0.251. The van der Waals surface area contributed by atoms with E-state index in [0.29, 0.717) is 5.92 Å². The molecule has 0 radical (unpaired) electrons. The third-order valence-electron chi connectivity index (χ3n) is 5.37. The van der Waals surface area contributed by atoms with Gasteiger partial charge in [0.1, 0.15) is 12.4 Å². The fourth-order valence-electron chi connectivity index (χ4n) is 4.14. The van der Waals surface area contributed by atoms with Gasteiger partial charge in [-0.25, -0.2) is 0 Å². The van der Waals surface area contributed by atoms with Crippen LogP contribution in [0.25, 0.3) is 0 Å². The largest absolute Gasteiger partial charge is 0.461 e. The summed E-state index contributed by atoms with van der Waals surface area (Å²) in [6.07, 6.45) is 9.88. The van der Waals surface area contributed by atoms with Crippen molar-refractivity contribution in [3.8, 4) is 0 Å². The van der Waals surface area contributed by atoms with Gasteiger partial charge in [0.15, 0.2) is 0 Å². The highest BCUT2D eigenvalue weighted by atomic mass is 16.6. The molecule has 0 spiro atoms. The van der Waals surface area contributed by atoms with E-state index in [0.717, 1.165) is 38.4 Å². The number of hydrogen-bond acceptors (Lipinski definition) is 3. The van der Waals surface area contributed by atoms with Crippen molar-refractivity contribution in [3.05, 3.63) is 23.3 Å². The number of ether oxygens (including phenoxy) is 1. The summed E-state index contributed by atoms with van der Waals surface area (Å²) in [6.45, 7) is 8.53. The van der Waals surface area contributed by atoms with Crippen molar-refractivity contribution in [1.29, 1.82) is 0 Å². The zero-order chi connectivity index (χ0) is 17.0. The fraction of sp³-hybridized carbons (Fsp3) is 0.700. The highest BCUT2D eigenvalue weighted by Gasteiger charge is 2.50. The van der Waals surface area contributed by atoms with Crippen LogP contribution in [-0.2, 0) is 14.3 Å². The third kappa shape index (κ3) is 4.33. The molecule has 0 aromatic heterocycles. The molecule has 0 N–H and O–H groups in total. The first kappa shape index (κ1) is 18.0. The summed E-state index contributed by atoms with van der Waals surface area (Å²) in [5.41, 5.74) is 2.60. The summed E-state index contributed by atoms with van der Waals surface area (Å²) < 4.78 is 5.71. The van der Waals surface area contributed by atoms with Crippen LogP contribution in [0.4, 0.5) is 0 Å². The molecule has 3 nitrogen and oxygen atoms in total. The van der Waals surface area contributed by atoms with E-state index in [9.17, 15) is 9.59 Å². The molecule has 1 heterocycles. The molecule has 1 aliphatic heterocycles. The van der Waals surface area contributed by atoms with Gasteiger partial charge in [-0.15, -0.1) is 0 Å². The average molecular weight is 318 g/mol. The summed E-state index contributed by atoms with van der Waals surface area (Å²) in [5, 5.41) is 0. The summed E-state index contributed by atoms with van der Waals surface area (Å²) in [4.78, 5) is 24.0. The van der Waals surface area contributed by atoms with Crippen molar-refractivity contribution in [3.63, 3.8) is 0 Å². The van der Waals surface area contributed by atoms with E-state index in [-0.39, 0.29) is 29.8 Å². The molecule has 1 saturated heterocycles. The minimum Gasteiger partial charge on any atom is -0.461 e. The second-order valence-corrected chi connectivity index (χ2v) is 7.55. The molecule has 128 valence electrons. The van der Waals surface area contributed by atoms with Crippen molar-refractivity contribution in [1.82, 2.24) is 0 Å². The van der Waals surface area contributed by atoms with E-state index in [1.54, 1.807) is 0 Å². The molecule has 5 atom stereocenters. The smallest absolute Gasteiger partial charge is 0.310 e. The Morgan fingerprint density at radius 1 is 1.43 bits per heavy atom. The molecule has 2 bridgehead atoms. The van der Waals surface area contributed by atoms with E-state index < -0.39 is 0 Å². The number of fused-ring (bicyclic) bond motifs is 2. The third-order valence-corrected chi connectivity index (χ3v) is 5.37. The van der Waals surface area contributed by atoms with Gasteiger partial charge in [-0.05, 0) is 52.4 Å². The molecule has 0 amide bonds. The van der Waals surface area contributed by atoms with Gasteiger partial charge in [-0.3, -0.25) is 4.79 Å². The quantitative estimate of drug-likeness (QED) is 0.427. The van der Waals surface area contributed by atoms with Gasteiger partial charge >= 0.3 is 5.97 Å². The number of rotatable bonds is 5. The lowest BCUT2D eigenvalue weighted by atomic mass is 9.72. The van der Waals surface area contributed by atoms with Crippen LogP contribution in [0, 0.1) is 23.7 Å². The Bertz CT molecular complexity index is 499.